The number of likely N-dealkylation sites (tertiary alicyclic amines) is 1. The van der Waals surface area contributed by atoms with Crippen LogP contribution in [0, 0.1) is 30.2 Å². The van der Waals surface area contributed by atoms with Crippen molar-refractivity contribution in [3.8, 4) is 11.5 Å². The van der Waals surface area contributed by atoms with Crippen molar-refractivity contribution in [1.82, 2.24) is 4.90 Å². The molecule has 1 aliphatic rings. The highest BCUT2D eigenvalue weighted by Crippen LogP contribution is 2.42. The van der Waals surface area contributed by atoms with Crippen LogP contribution in [0.15, 0.2) is 21.3 Å². The summed E-state index contributed by atoms with van der Waals surface area (Å²) in [5.41, 5.74) is -2.65. The Morgan fingerprint density at radius 1 is 1.03 bits per heavy atom. The predicted octanol–water partition coefficient (Wildman–Crippen LogP) is 4.44. The monoisotopic (exact) mass is 515 g/mol. The summed E-state index contributed by atoms with van der Waals surface area (Å²) < 4.78 is 61.8. The van der Waals surface area contributed by atoms with Crippen LogP contribution in [0.1, 0.15) is 34.8 Å². The van der Waals surface area contributed by atoms with E-state index in [1.54, 1.807) is 0 Å². The van der Waals surface area contributed by atoms with Crippen molar-refractivity contribution in [2.24, 2.45) is 0 Å². The number of nitrogens with zero attached hydrogens (tertiary/aromatic N) is 1. The fraction of sp³-hybridized carbons (Fsp3) is 0.292. The maximum Gasteiger partial charge on any atom is 0.197 e. The fourth-order valence-corrected chi connectivity index (χ4v) is 4.28. The first-order chi connectivity index (χ1) is 16.0. The lowest BCUT2D eigenvalue weighted by atomic mass is 9.85. The van der Waals surface area contributed by atoms with E-state index < -0.39 is 63.3 Å². The quantitative estimate of drug-likeness (QED) is 0.353. The van der Waals surface area contributed by atoms with E-state index >= 15 is 0 Å². The molecule has 1 aromatic heterocycles. The summed E-state index contributed by atoms with van der Waals surface area (Å²) in [6.45, 7) is 1.76. The van der Waals surface area contributed by atoms with E-state index in [-0.39, 0.29) is 34.7 Å². The third kappa shape index (κ3) is 4.61. The van der Waals surface area contributed by atoms with E-state index in [0.717, 1.165) is 25.1 Å². The highest BCUT2D eigenvalue weighted by molar-refractivity contribution is 5.89. The van der Waals surface area contributed by atoms with Crippen LogP contribution in [0.3, 0.4) is 0 Å². The van der Waals surface area contributed by atoms with Crippen molar-refractivity contribution in [2.75, 3.05) is 20.1 Å². The topological polar surface area (TPSA) is 94.1 Å². The van der Waals surface area contributed by atoms with Crippen molar-refractivity contribution in [3.05, 3.63) is 68.1 Å². The lowest BCUT2D eigenvalue weighted by molar-refractivity contribution is 0.0630. The van der Waals surface area contributed by atoms with Gasteiger partial charge in [-0.05, 0) is 39.1 Å². The second-order valence-corrected chi connectivity index (χ2v) is 8.40. The van der Waals surface area contributed by atoms with Gasteiger partial charge >= 0.3 is 0 Å². The van der Waals surface area contributed by atoms with Gasteiger partial charge in [-0.25, -0.2) is 17.6 Å². The number of rotatable bonds is 3. The Kier molecular flexibility index (Phi) is 7.49. The molecule has 1 saturated heterocycles. The molecule has 3 N–H and O–H groups in total. The molecule has 0 bridgehead atoms. The molecular formula is C24H22ClF4NO5. The summed E-state index contributed by atoms with van der Waals surface area (Å²) >= 11 is 0. The minimum absolute atomic E-state index is 0. The standard InChI is InChI=1S/C24H21F4NO5.ClH/c1-10-20(25)22(27)13(23(28)21(10)26)4-3-11-7-14(30)19-16(32)8-15(31)18(24(19)34-11)12-5-6-29(2)9-17(12)33;/h3-4,7-8,12,17,31-33H,5-6,9H2,1-2H3;1H/b4-3+;. The second-order valence-electron chi connectivity index (χ2n) is 8.40. The Morgan fingerprint density at radius 3 is 2.26 bits per heavy atom. The number of aliphatic hydroxyl groups is 1. The van der Waals surface area contributed by atoms with Gasteiger partial charge in [0.05, 0.1) is 11.7 Å². The number of hydrogen-bond acceptors (Lipinski definition) is 6. The molecule has 2 atom stereocenters. The number of aromatic hydroxyl groups is 2. The van der Waals surface area contributed by atoms with Crippen molar-refractivity contribution in [3.63, 3.8) is 0 Å². The first-order valence-corrected chi connectivity index (χ1v) is 10.4. The van der Waals surface area contributed by atoms with E-state index in [9.17, 15) is 37.7 Å². The zero-order valence-corrected chi connectivity index (χ0v) is 19.4. The maximum absolute atomic E-state index is 14.2. The summed E-state index contributed by atoms with van der Waals surface area (Å²) in [6.07, 6.45) is 1.15. The van der Waals surface area contributed by atoms with Crippen LogP contribution in [0.5, 0.6) is 11.5 Å². The van der Waals surface area contributed by atoms with Crippen LogP contribution in [0.25, 0.3) is 23.1 Å². The average Bonchev–Trinajstić information content (AvgIpc) is 2.77. The highest BCUT2D eigenvalue weighted by Gasteiger charge is 2.33. The molecule has 2 aromatic carbocycles. The number of halogens is 5. The molecule has 0 spiro atoms. The van der Waals surface area contributed by atoms with E-state index in [1.807, 2.05) is 11.9 Å². The summed E-state index contributed by atoms with van der Waals surface area (Å²) in [5.74, 6) is -8.16. The second kappa shape index (κ2) is 9.88. The van der Waals surface area contributed by atoms with Crippen LogP contribution < -0.4 is 5.43 Å². The zero-order valence-electron chi connectivity index (χ0n) is 18.6. The first-order valence-electron chi connectivity index (χ1n) is 10.4. The molecule has 2 heterocycles. The lowest BCUT2D eigenvalue weighted by Gasteiger charge is -2.34. The molecule has 0 saturated carbocycles. The van der Waals surface area contributed by atoms with Gasteiger partial charge < -0.3 is 24.6 Å². The van der Waals surface area contributed by atoms with E-state index in [1.165, 1.54) is 0 Å². The van der Waals surface area contributed by atoms with Gasteiger partial charge in [0, 0.05) is 35.7 Å². The van der Waals surface area contributed by atoms with Crippen molar-refractivity contribution < 1.29 is 37.3 Å². The van der Waals surface area contributed by atoms with Crippen LogP contribution in [0.2, 0.25) is 0 Å². The average molecular weight is 516 g/mol. The van der Waals surface area contributed by atoms with Crippen LogP contribution in [0.4, 0.5) is 17.6 Å². The largest absolute Gasteiger partial charge is 0.507 e. The Labute approximate surface area is 203 Å². The molecule has 0 radical (unpaired) electrons. The summed E-state index contributed by atoms with van der Waals surface area (Å²) in [5, 5.41) is 31.1. The lowest BCUT2D eigenvalue weighted by Crippen LogP contribution is -2.40. The molecule has 11 heteroatoms. The van der Waals surface area contributed by atoms with E-state index in [2.05, 4.69) is 0 Å². The predicted molar refractivity (Wildman–Crippen MR) is 124 cm³/mol. The van der Waals surface area contributed by atoms with Gasteiger partial charge in [-0.2, -0.15) is 0 Å². The molecule has 0 aliphatic carbocycles. The first kappa shape index (κ1) is 26.5. The van der Waals surface area contributed by atoms with E-state index in [0.29, 0.717) is 25.6 Å². The Hall–Kier alpha value is -3.08. The minimum atomic E-state index is -1.61. The number of piperidine rings is 1. The number of aliphatic hydroxyl groups excluding tert-OH is 1. The molecule has 35 heavy (non-hydrogen) atoms. The summed E-state index contributed by atoms with van der Waals surface area (Å²) in [6, 6.07) is 1.90. The SMILES string of the molecule is Cc1c(F)c(F)c(/C=C/c2cc(=O)c3c(O)cc(O)c(C4CCN(C)CC4O)c3o2)c(F)c1F.Cl. The van der Waals surface area contributed by atoms with Gasteiger partial charge in [-0.1, -0.05) is 0 Å². The van der Waals surface area contributed by atoms with Gasteiger partial charge in [0.25, 0.3) is 0 Å². The van der Waals surface area contributed by atoms with Gasteiger partial charge in [0.1, 0.15) is 28.2 Å². The summed E-state index contributed by atoms with van der Waals surface area (Å²) in [4.78, 5) is 14.6. The summed E-state index contributed by atoms with van der Waals surface area (Å²) in [7, 11) is 1.81. The number of likely N-dealkylation sites (N-methyl/N-ethyl adjacent to an activating group) is 1. The number of phenols is 2. The minimum Gasteiger partial charge on any atom is -0.507 e. The van der Waals surface area contributed by atoms with Gasteiger partial charge in [-0.3, -0.25) is 4.79 Å². The number of fused-ring (bicyclic) bond motifs is 1. The molecule has 188 valence electrons. The molecule has 3 aromatic rings. The number of β-amino-alcohol motifs (C(OH)–C–C–N with tert-alkyl or cyclic N) is 1. The third-order valence-electron chi connectivity index (χ3n) is 6.10. The van der Waals surface area contributed by atoms with Gasteiger partial charge in [0.15, 0.2) is 28.7 Å². The van der Waals surface area contributed by atoms with E-state index in [4.69, 9.17) is 4.42 Å². The molecule has 4 rings (SSSR count). The van der Waals surface area contributed by atoms with Crippen LogP contribution >= 0.6 is 12.4 Å². The van der Waals surface area contributed by atoms with Crippen molar-refractivity contribution in [1.29, 1.82) is 0 Å². The zero-order chi connectivity index (χ0) is 24.9. The van der Waals surface area contributed by atoms with Crippen molar-refractivity contribution in [2.45, 2.75) is 25.4 Å². The van der Waals surface area contributed by atoms with Gasteiger partial charge in [0.2, 0.25) is 0 Å². The third-order valence-corrected chi connectivity index (χ3v) is 6.10. The molecule has 2 unspecified atom stereocenters. The number of hydrogen-bond donors (Lipinski definition) is 3. The number of phenolic OH excluding ortho intramolecular Hbond substituents is 2. The molecule has 1 aliphatic heterocycles. The van der Waals surface area contributed by atoms with Crippen molar-refractivity contribution >= 4 is 35.5 Å². The highest BCUT2D eigenvalue weighted by atomic mass is 35.5. The van der Waals surface area contributed by atoms with Crippen LogP contribution in [-0.4, -0.2) is 46.5 Å². The molecular weight excluding hydrogens is 494 g/mol. The molecule has 0 amide bonds. The maximum atomic E-state index is 14.2. The Bertz CT molecular complexity index is 1360. The Balaban J connectivity index is 0.00000342. The Morgan fingerprint density at radius 2 is 1.66 bits per heavy atom. The van der Waals surface area contributed by atoms with Crippen LogP contribution in [-0.2, 0) is 0 Å². The fourth-order valence-electron chi connectivity index (χ4n) is 4.28. The molecule has 1 fully saturated rings. The number of benzene rings is 2. The smallest absolute Gasteiger partial charge is 0.197 e. The molecule has 6 nitrogen and oxygen atoms in total. The van der Waals surface area contributed by atoms with Gasteiger partial charge in [-0.15, -0.1) is 12.4 Å². The normalized spacial score (nSPS) is 18.8.